The number of hydrazone groups is 1. The Labute approximate surface area is 227 Å². The second-order valence-corrected chi connectivity index (χ2v) is 10.9. The van der Waals surface area contributed by atoms with Crippen LogP contribution in [0.5, 0.6) is 0 Å². The first kappa shape index (κ1) is 26.0. The van der Waals surface area contributed by atoms with E-state index in [1.165, 1.54) is 12.7 Å². The van der Waals surface area contributed by atoms with Crippen LogP contribution in [-0.2, 0) is 14.3 Å². The zero-order valence-corrected chi connectivity index (χ0v) is 22.4. The number of benzene rings is 2. The highest BCUT2D eigenvalue weighted by atomic mass is 35.5. The number of amides is 1. The standard InChI is InChI=1S/C29H31Cl2N3O3/c1-37-29(36)21-13-15-33(16-14-21)18-26(35)34-28(20-7-11-24(31)12-8-20)25-4-2-3-22(27(25)32-34)17-19-5-9-23(30)10-6-19/h5-12,17,21,25,28H,2-4,13-16,18H2,1H3/b22-17+/t25-,28+/m0/s1. The van der Waals surface area contributed by atoms with Gasteiger partial charge in [0.2, 0.25) is 0 Å². The summed E-state index contributed by atoms with van der Waals surface area (Å²) in [5.41, 5.74) is 4.29. The number of carbonyl (C=O) groups is 2. The summed E-state index contributed by atoms with van der Waals surface area (Å²) in [6.07, 6.45) is 6.51. The molecule has 5 rings (SSSR count). The van der Waals surface area contributed by atoms with Crippen LogP contribution in [0.2, 0.25) is 10.0 Å². The maximum absolute atomic E-state index is 13.7. The molecule has 194 valence electrons. The normalized spacial score (nSPS) is 23.6. The minimum Gasteiger partial charge on any atom is -0.469 e. The zero-order chi connectivity index (χ0) is 25.9. The van der Waals surface area contributed by atoms with Crippen LogP contribution in [0.4, 0.5) is 0 Å². The third-order valence-corrected chi connectivity index (χ3v) is 8.16. The quantitative estimate of drug-likeness (QED) is 0.437. The predicted octanol–water partition coefficient (Wildman–Crippen LogP) is 6.00. The van der Waals surface area contributed by atoms with Crippen molar-refractivity contribution in [2.45, 2.75) is 38.1 Å². The van der Waals surface area contributed by atoms with Gasteiger partial charge < -0.3 is 4.74 Å². The molecule has 1 saturated heterocycles. The number of hydrogen-bond acceptors (Lipinski definition) is 5. The van der Waals surface area contributed by atoms with Crippen molar-refractivity contribution in [2.75, 3.05) is 26.7 Å². The van der Waals surface area contributed by atoms with Crippen LogP contribution < -0.4 is 0 Å². The van der Waals surface area contributed by atoms with Crippen LogP contribution in [0.15, 0.2) is 59.2 Å². The summed E-state index contributed by atoms with van der Waals surface area (Å²) >= 11 is 12.3. The second kappa shape index (κ2) is 11.4. The van der Waals surface area contributed by atoms with Gasteiger partial charge in [-0.1, -0.05) is 47.5 Å². The molecule has 37 heavy (non-hydrogen) atoms. The number of ether oxygens (including phenoxy) is 1. The summed E-state index contributed by atoms with van der Waals surface area (Å²) in [4.78, 5) is 27.7. The smallest absolute Gasteiger partial charge is 0.308 e. The molecule has 0 unspecified atom stereocenters. The van der Waals surface area contributed by atoms with E-state index in [2.05, 4.69) is 11.0 Å². The van der Waals surface area contributed by atoms with E-state index in [0.29, 0.717) is 36.0 Å². The Morgan fingerprint density at radius 3 is 2.30 bits per heavy atom. The third kappa shape index (κ3) is 5.77. The lowest BCUT2D eigenvalue weighted by Crippen LogP contribution is -2.43. The first-order valence-corrected chi connectivity index (χ1v) is 13.6. The van der Waals surface area contributed by atoms with Gasteiger partial charge in [0, 0.05) is 16.0 Å². The Morgan fingerprint density at radius 2 is 1.65 bits per heavy atom. The summed E-state index contributed by atoms with van der Waals surface area (Å²) < 4.78 is 4.90. The van der Waals surface area contributed by atoms with Crippen molar-refractivity contribution >= 4 is 46.9 Å². The van der Waals surface area contributed by atoms with E-state index < -0.39 is 0 Å². The monoisotopic (exact) mass is 539 g/mol. The van der Waals surface area contributed by atoms with E-state index in [1.54, 1.807) is 5.01 Å². The molecule has 1 aliphatic carbocycles. The average molecular weight is 540 g/mol. The zero-order valence-electron chi connectivity index (χ0n) is 20.9. The molecule has 0 spiro atoms. The summed E-state index contributed by atoms with van der Waals surface area (Å²) in [7, 11) is 1.43. The van der Waals surface area contributed by atoms with Crippen LogP contribution >= 0.6 is 23.2 Å². The Kier molecular flexibility index (Phi) is 7.98. The van der Waals surface area contributed by atoms with Crippen LogP contribution in [-0.4, -0.2) is 54.2 Å². The first-order chi connectivity index (χ1) is 17.9. The minimum absolute atomic E-state index is 0.0239. The van der Waals surface area contributed by atoms with Crippen LogP contribution in [0, 0.1) is 11.8 Å². The maximum atomic E-state index is 13.7. The molecule has 2 atom stereocenters. The lowest BCUT2D eigenvalue weighted by atomic mass is 9.77. The molecule has 8 heteroatoms. The summed E-state index contributed by atoms with van der Waals surface area (Å²) in [6.45, 7) is 1.65. The second-order valence-electron chi connectivity index (χ2n) is 10.0. The highest BCUT2D eigenvalue weighted by Crippen LogP contribution is 2.44. The molecule has 2 fully saturated rings. The van der Waals surface area contributed by atoms with Gasteiger partial charge in [-0.2, -0.15) is 5.10 Å². The molecular formula is C29H31Cl2N3O3. The predicted molar refractivity (Wildman–Crippen MR) is 146 cm³/mol. The molecule has 1 saturated carbocycles. The van der Waals surface area contributed by atoms with Crippen LogP contribution in [0.1, 0.15) is 49.3 Å². The number of hydrogen-bond donors (Lipinski definition) is 0. The van der Waals surface area contributed by atoms with E-state index in [0.717, 1.165) is 36.1 Å². The fourth-order valence-electron chi connectivity index (χ4n) is 5.72. The Hall–Kier alpha value is -2.67. The highest BCUT2D eigenvalue weighted by molar-refractivity contribution is 6.30. The van der Waals surface area contributed by atoms with E-state index >= 15 is 0 Å². The molecule has 0 bridgehead atoms. The summed E-state index contributed by atoms with van der Waals surface area (Å²) in [6, 6.07) is 15.4. The van der Waals surface area contributed by atoms with Gasteiger partial charge in [-0.15, -0.1) is 0 Å². The number of rotatable bonds is 5. The van der Waals surface area contributed by atoms with Gasteiger partial charge >= 0.3 is 5.97 Å². The van der Waals surface area contributed by atoms with Crippen molar-refractivity contribution in [3.05, 3.63) is 75.3 Å². The number of nitrogens with zero attached hydrogens (tertiary/aromatic N) is 3. The Balaban J connectivity index is 1.40. The number of halogens is 2. The van der Waals surface area contributed by atoms with Crippen molar-refractivity contribution < 1.29 is 14.3 Å². The van der Waals surface area contributed by atoms with Crippen LogP contribution in [0.25, 0.3) is 6.08 Å². The van der Waals surface area contributed by atoms with Gasteiger partial charge in [-0.3, -0.25) is 14.5 Å². The number of fused-ring (bicyclic) bond motifs is 1. The van der Waals surface area contributed by atoms with Crippen molar-refractivity contribution in [1.29, 1.82) is 0 Å². The van der Waals surface area contributed by atoms with E-state index in [4.69, 9.17) is 33.0 Å². The van der Waals surface area contributed by atoms with Crippen molar-refractivity contribution in [1.82, 2.24) is 9.91 Å². The average Bonchev–Trinajstić information content (AvgIpc) is 3.31. The minimum atomic E-state index is -0.165. The number of carbonyl (C=O) groups excluding carboxylic acids is 2. The Morgan fingerprint density at radius 1 is 1.00 bits per heavy atom. The molecule has 2 aromatic rings. The molecule has 0 radical (unpaired) electrons. The molecule has 3 aliphatic rings. The van der Waals surface area contributed by atoms with Gasteiger partial charge in [-0.25, -0.2) is 5.01 Å². The number of esters is 1. The van der Waals surface area contributed by atoms with Crippen molar-refractivity contribution in [2.24, 2.45) is 16.9 Å². The number of piperidine rings is 1. The van der Waals surface area contributed by atoms with E-state index in [1.807, 2.05) is 48.5 Å². The third-order valence-electron chi connectivity index (χ3n) is 7.66. The molecule has 0 aromatic heterocycles. The van der Waals surface area contributed by atoms with Gasteiger partial charge in [0.05, 0.1) is 31.3 Å². The van der Waals surface area contributed by atoms with Crippen molar-refractivity contribution in [3.63, 3.8) is 0 Å². The molecule has 2 aromatic carbocycles. The van der Waals surface area contributed by atoms with Gasteiger partial charge in [-0.05, 0) is 92.2 Å². The Bertz CT molecular complexity index is 1200. The van der Waals surface area contributed by atoms with E-state index in [-0.39, 0.29) is 36.3 Å². The van der Waals surface area contributed by atoms with Gasteiger partial charge in [0.1, 0.15) is 0 Å². The van der Waals surface area contributed by atoms with Crippen molar-refractivity contribution in [3.8, 4) is 0 Å². The fourth-order valence-corrected chi connectivity index (χ4v) is 5.97. The molecular weight excluding hydrogens is 509 g/mol. The highest BCUT2D eigenvalue weighted by Gasteiger charge is 2.44. The lowest BCUT2D eigenvalue weighted by Gasteiger charge is -2.33. The van der Waals surface area contributed by atoms with Gasteiger partial charge in [0.15, 0.2) is 0 Å². The molecule has 2 heterocycles. The van der Waals surface area contributed by atoms with E-state index in [9.17, 15) is 9.59 Å². The number of methoxy groups -OCH3 is 1. The summed E-state index contributed by atoms with van der Waals surface area (Å²) in [5.74, 6) is -0.149. The van der Waals surface area contributed by atoms with Gasteiger partial charge in [0.25, 0.3) is 5.91 Å². The van der Waals surface area contributed by atoms with Crippen LogP contribution in [0.3, 0.4) is 0 Å². The topological polar surface area (TPSA) is 62.2 Å². The molecule has 2 aliphatic heterocycles. The number of likely N-dealkylation sites (tertiary alicyclic amines) is 1. The maximum Gasteiger partial charge on any atom is 0.308 e. The molecule has 1 amide bonds. The fraction of sp³-hybridized carbons (Fsp3) is 0.414. The lowest BCUT2D eigenvalue weighted by molar-refractivity contribution is -0.147. The largest absolute Gasteiger partial charge is 0.469 e. The first-order valence-electron chi connectivity index (χ1n) is 12.9. The molecule has 0 N–H and O–H groups in total. The molecule has 6 nitrogen and oxygen atoms in total. The number of allylic oxidation sites excluding steroid dienone is 1. The SMILES string of the molecule is COC(=O)C1CCN(CC(=O)N2N=C3/C(=C/c4ccc(Cl)cc4)CCC[C@@H]3[C@H]2c2ccc(Cl)cc2)CC1. The summed E-state index contributed by atoms with van der Waals surface area (Å²) in [5, 5.41) is 8.06.